The molecule has 106 valence electrons. The fourth-order valence-electron chi connectivity index (χ4n) is 2.24. The van der Waals surface area contributed by atoms with E-state index in [1.807, 2.05) is 31.2 Å². The van der Waals surface area contributed by atoms with E-state index in [2.05, 4.69) is 66.4 Å². The number of benzene rings is 2. The van der Waals surface area contributed by atoms with Crippen molar-refractivity contribution in [3.63, 3.8) is 0 Å². The molecule has 1 aromatic heterocycles. The molecule has 2 nitrogen and oxygen atoms in total. The molecule has 4 heteroatoms. The molecule has 0 aliphatic carbocycles. The smallest absolute Gasteiger partial charge is 0.0705 e. The van der Waals surface area contributed by atoms with Gasteiger partial charge in [-0.15, -0.1) is 0 Å². The average Bonchev–Trinajstić information content (AvgIpc) is 2.47. The van der Waals surface area contributed by atoms with Crippen LogP contribution in [0.2, 0.25) is 0 Å². The van der Waals surface area contributed by atoms with Gasteiger partial charge in [-0.2, -0.15) is 0 Å². The molecular weight excluding hydrogens is 392 g/mol. The highest BCUT2D eigenvalue weighted by Gasteiger charge is 2.04. The number of fused-ring (bicyclic) bond motifs is 1. The maximum absolute atomic E-state index is 4.53. The Morgan fingerprint density at radius 1 is 1.00 bits per heavy atom. The van der Waals surface area contributed by atoms with Crippen LogP contribution in [0.25, 0.3) is 10.9 Å². The molecule has 21 heavy (non-hydrogen) atoms. The summed E-state index contributed by atoms with van der Waals surface area (Å²) >= 11 is 7.13. The van der Waals surface area contributed by atoms with Gasteiger partial charge in [-0.3, -0.25) is 4.98 Å². The number of aryl methyl sites for hydroxylation is 1. The van der Waals surface area contributed by atoms with Crippen molar-refractivity contribution in [2.75, 3.05) is 5.32 Å². The number of rotatable bonds is 3. The lowest BCUT2D eigenvalue weighted by molar-refractivity contribution is 1.14. The van der Waals surface area contributed by atoms with Crippen LogP contribution < -0.4 is 5.32 Å². The SMILES string of the molecule is Cc1ccc2cc(CNc3c(Br)cccc3Br)ccc2n1. The highest BCUT2D eigenvalue weighted by molar-refractivity contribution is 9.11. The van der Waals surface area contributed by atoms with Gasteiger partial charge in [-0.1, -0.05) is 18.2 Å². The van der Waals surface area contributed by atoms with Crippen LogP contribution in [0.5, 0.6) is 0 Å². The van der Waals surface area contributed by atoms with E-state index in [-0.39, 0.29) is 0 Å². The number of nitrogens with one attached hydrogen (secondary N) is 1. The molecule has 0 unspecified atom stereocenters. The molecular formula is C17H14Br2N2. The minimum Gasteiger partial charge on any atom is -0.379 e. The summed E-state index contributed by atoms with van der Waals surface area (Å²) in [7, 11) is 0. The third kappa shape index (κ3) is 3.27. The molecule has 0 radical (unpaired) electrons. The van der Waals surface area contributed by atoms with E-state index < -0.39 is 0 Å². The van der Waals surface area contributed by atoms with Gasteiger partial charge in [-0.25, -0.2) is 0 Å². The highest BCUT2D eigenvalue weighted by atomic mass is 79.9. The topological polar surface area (TPSA) is 24.9 Å². The summed E-state index contributed by atoms with van der Waals surface area (Å²) in [4.78, 5) is 4.53. The Hall–Kier alpha value is -1.39. The molecule has 3 rings (SSSR count). The van der Waals surface area contributed by atoms with Crippen LogP contribution >= 0.6 is 31.9 Å². The molecule has 0 aliphatic rings. The van der Waals surface area contributed by atoms with Crippen molar-refractivity contribution in [3.8, 4) is 0 Å². The van der Waals surface area contributed by atoms with Gasteiger partial charge in [0.05, 0.1) is 11.2 Å². The number of pyridine rings is 1. The maximum Gasteiger partial charge on any atom is 0.0705 e. The molecule has 1 N–H and O–H groups in total. The summed E-state index contributed by atoms with van der Waals surface area (Å²) in [6.45, 7) is 2.78. The first-order valence-corrected chi connectivity index (χ1v) is 8.26. The van der Waals surface area contributed by atoms with Gasteiger partial charge in [0.2, 0.25) is 0 Å². The van der Waals surface area contributed by atoms with Gasteiger partial charge in [0.15, 0.2) is 0 Å². The number of anilines is 1. The third-order valence-corrected chi connectivity index (χ3v) is 4.65. The van der Waals surface area contributed by atoms with Gasteiger partial charge in [0.25, 0.3) is 0 Å². The van der Waals surface area contributed by atoms with E-state index in [1.54, 1.807) is 0 Å². The number of nitrogens with zero attached hydrogens (tertiary/aromatic N) is 1. The zero-order valence-corrected chi connectivity index (χ0v) is 14.7. The lowest BCUT2D eigenvalue weighted by atomic mass is 10.1. The second-order valence-electron chi connectivity index (χ2n) is 4.93. The van der Waals surface area contributed by atoms with Gasteiger partial charge in [-0.05, 0) is 74.7 Å². The summed E-state index contributed by atoms with van der Waals surface area (Å²) in [5.41, 5.74) is 4.39. The molecule has 0 aliphatic heterocycles. The number of para-hydroxylation sites is 1. The van der Waals surface area contributed by atoms with Crippen molar-refractivity contribution in [2.45, 2.75) is 13.5 Å². The Labute approximate surface area is 140 Å². The molecule has 0 bridgehead atoms. The normalized spacial score (nSPS) is 10.8. The zero-order valence-electron chi connectivity index (χ0n) is 11.5. The third-order valence-electron chi connectivity index (χ3n) is 3.32. The van der Waals surface area contributed by atoms with E-state index in [4.69, 9.17) is 0 Å². The molecule has 2 aromatic carbocycles. The van der Waals surface area contributed by atoms with Gasteiger partial charge in [0.1, 0.15) is 0 Å². The molecule has 0 saturated carbocycles. The lowest BCUT2D eigenvalue weighted by Crippen LogP contribution is -2.01. The maximum atomic E-state index is 4.53. The number of halogens is 2. The number of aromatic nitrogens is 1. The Morgan fingerprint density at radius 3 is 2.52 bits per heavy atom. The predicted octanol–water partition coefficient (Wildman–Crippen LogP) is 5.68. The Kier molecular flexibility index (Phi) is 4.27. The van der Waals surface area contributed by atoms with Crippen LogP contribution in [0.4, 0.5) is 5.69 Å². The monoisotopic (exact) mass is 404 g/mol. The first-order chi connectivity index (χ1) is 10.1. The van der Waals surface area contributed by atoms with E-state index in [0.717, 1.165) is 32.4 Å². The van der Waals surface area contributed by atoms with E-state index in [0.29, 0.717) is 0 Å². The quantitative estimate of drug-likeness (QED) is 0.606. The van der Waals surface area contributed by atoms with Crippen molar-refractivity contribution in [2.24, 2.45) is 0 Å². The van der Waals surface area contributed by atoms with E-state index in [9.17, 15) is 0 Å². The van der Waals surface area contributed by atoms with Gasteiger partial charge in [0, 0.05) is 26.6 Å². The summed E-state index contributed by atoms with van der Waals surface area (Å²) in [5, 5.41) is 4.63. The standard InChI is InChI=1S/C17H14Br2N2/c1-11-5-7-13-9-12(6-8-16(13)21-11)10-20-17-14(18)3-2-4-15(17)19/h2-9,20H,10H2,1H3. The minimum atomic E-state index is 0.769. The first kappa shape index (κ1) is 14.5. The highest BCUT2D eigenvalue weighted by Crippen LogP contribution is 2.31. The van der Waals surface area contributed by atoms with Crippen LogP contribution in [0.3, 0.4) is 0 Å². The summed E-state index contributed by atoms with van der Waals surface area (Å²) < 4.78 is 2.10. The van der Waals surface area contributed by atoms with E-state index >= 15 is 0 Å². The van der Waals surface area contributed by atoms with Crippen LogP contribution in [-0.4, -0.2) is 4.98 Å². The number of hydrogen-bond donors (Lipinski definition) is 1. The molecule has 1 heterocycles. The predicted molar refractivity (Wildman–Crippen MR) is 95.6 cm³/mol. The zero-order chi connectivity index (χ0) is 14.8. The molecule has 0 atom stereocenters. The first-order valence-electron chi connectivity index (χ1n) is 6.68. The van der Waals surface area contributed by atoms with Crippen molar-refractivity contribution in [1.82, 2.24) is 4.98 Å². The average molecular weight is 406 g/mol. The van der Waals surface area contributed by atoms with Crippen LogP contribution in [0, 0.1) is 6.92 Å². The largest absolute Gasteiger partial charge is 0.379 e. The lowest BCUT2D eigenvalue weighted by Gasteiger charge is -2.11. The summed E-state index contributed by atoms with van der Waals surface area (Å²) in [6, 6.07) is 16.6. The Morgan fingerprint density at radius 2 is 1.76 bits per heavy atom. The molecule has 3 aromatic rings. The summed E-state index contributed by atoms with van der Waals surface area (Å²) in [6.07, 6.45) is 0. The van der Waals surface area contributed by atoms with Crippen LogP contribution in [0.15, 0.2) is 57.5 Å². The van der Waals surface area contributed by atoms with Gasteiger partial charge < -0.3 is 5.32 Å². The minimum absolute atomic E-state index is 0.769. The van der Waals surface area contributed by atoms with Gasteiger partial charge >= 0.3 is 0 Å². The Bertz CT molecular complexity index is 780. The van der Waals surface area contributed by atoms with Crippen LogP contribution in [-0.2, 0) is 6.54 Å². The number of hydrogen-bond acceptors (Lipinski definition) is 2. The molecule has 0 spiro atoms. The fourth-order valence-corrected chi connectivity index (χ4v) is 3.52. The van der Waals surface area contributed by atoms with Crippen molar-refractivity contribution >= 4 is 48.5 Å². The van der Waals surface area contributed by atoms with Crippen molar-refractivity contribution < 1.29 is 0 Å². The summed E-state index contributed by atoms with van der Waals surface area (Å²) in [5.74, 6) is 0. The molecule has 0 amide bonds. The Balaban J connectivity index is 1.84. The second-order valence-corrected chi connectivity index (χ2v) is 6.64. The fraction of sp³-hybridized carbons (Fsp3) is 0.118. The van der Waals surface area contributed by atoms with Crippen molar-refractivity contribution in [1.29, 1.82) is 0 Å². The second kappa shape index (κ2) is 6.16. The molecule has 0 saturated heterocycles. The van der Waals surface area contributed by atoms with Crippen molar-refractivity contribution in [3.05, 3.63) is 68.7 Å². The molecule has 0 fully saturated rings. The van der Waals surface area contributed by atoms with Crippen LogP contribution in [0.1, 0.15) is 11.3 Å². The van der Waals surface area contributed by atoms with E-state index in [1.165, 1.54) is 10.9 Å².